The van der Waals surface area contributed by atoms with Gasteiger partial charge in [-0.25, -0.2) is 4.79 Å². The Kier molecular flexibility index (Phi) is 6.64. The van der Waals surface area contributed by atoms with E-state index in [2.05, 4.69) is 5.32 Å². The van der Waals surface area contributed by atoms with Crippen molar-refractivity contribution in [3.8, 4) is 0 Å². The number of piperazine rings is 1. The van der Waals surface area contributed by atoms with Crippen molar-refractivity contribution in [1.82, 2.24) is 9.80 Å². The number of rotatable bonds is 4. The van der Waals surface area contributed by atoms with E-state index in [1.807, 2.05) is 6.92 Å². The third kappa shape index (κ3) is 5.35. The number of hydrogen-bond acceptors (Lipinski definition) is 4. The fraction of sp³-hybridized carbons (Fsp3) is 0.471. The summed E-state index contributed by atoms with van der Waals surface area (Å²) in [6.07, 6.45) is -0.605. The number of nitrogens with zero attached hydrogens (tertiary/aromatic N) is 2. The van der Waals surface area contributed by atoms with Gasteiger partial charge in [-0.1, -0.05) is 11.6 Å². The molecule has 0 bridgehead atoms. The zero-order chi connectivity index (χ0) is 18.4. The molecule has 25 heavy (non-hydrogen) atoms. The van der Waals surface area contributed by atoms with Crippen molar-refractivity contribution in [3.63, 3.8) is 0 Å². The minimum Gasteiger partial charge on any atom is -0.450 e. The monoisotopic (exact) mass is 367 g/mol. The maximum atomic E-state index is 12.2. The molecule has 7 nitrogen and oxygen atoms in total. The molecule has 1 fully saturated rings. The van der Waals surface area contributed by atoms with Gasteiger partial charge < -0.3 is 19.9 Å². The summed E-state index contributed by atoms with van der Waals surface area (Å²) < 4.78 is 4.94. The molecule has 136 valence electrons. The van der Waals surface area contributed by atoms with Gasteiger partial charge in [-0.3, -0.25) is 9.59 Å². The SMILES string of the molecule is CCOC(=O)N1CCN(C(=O)CC(=O)Nc2ccc(Cl)cc2C)CC1. The van der Waals surface area contributed by atoms with Crippen LogP contribution >= 0.6 is 11.6 Å². The highest BCUT2D eigenvalue weighted by atomic mass is 35.5. The zero-order valence-electron chi connectivity index (χ0n) is 14.4. The molecule has 0 aliphatic carbocycles. The summed E-state index contributed by atoms with van der Waals surface area (Å²) in [5.41, 5.74) is 1.46. The van der Waals surface area contributed by atoms with Gasteiger partial charge in [0.2, 0.25) is 11.8 Å². The Bertz CT molecular complexity index is 657. The Morgan fingerprint density at radius 1 is 1.16 bits per heavy atom. The molecule has 2 rings (SSSR count). The lowest BCUT2D eigenvalue weighted by Crippen LogP contribution is -2.51. The first-order chi connectivity index (χ1) is 11.9. The van der Waals surface area contributed by atoms with E-state index in [-0.39, 0.29) is 24.3 Å². The predicted molar refractivity (Wildman–Crippen MR) is 94.6 cm³/mol. The average Bonchev–Trinajstić information content (AvgIpc) is 2.57. The van der Waals surface area contributed by atoms with Crippen molar-refractivity contribution >= 4 is 35.2 Å². The van der Waals surface area contributed by atoms with Crippen LogP contribution in [0.1, 0.15) is 18.9 Å². The first-order valence-corrected chi connectivity index (χ1v) is 8.54. The number of hydrogen-bond donors (Lipinski definition) is 1. The van der Waals surface area contributed by atoms with Crippen LogP contribution in [0.3, 0.4) is 0 Å². The Morgan fingerprint density at radius 3 is 2.40 bits per heavy atom. The molecule has 0 aromatic heterocycles. The number of aryl methyl sites for hydroxylation is 1. The van der Waals surface area contributed by atoms with E-state index in [1.165, 1.54) is 0 Å². The largest absolute Gasteiger partial charge is 0.450 e. The number of nitrogens with one attached hydrogen (secondary N) is 1. The van der Waals surface area contributed by atoms with E-state index in [4.69, 9.17) is 16.3 Å². The van der Waals surface area contributed by atoms with Gasteiger partial charge in [0.05, 0.1) is 6.61 Å². The number of amides is 3. The van der Waals surface area contributed by atoms with Crippen molar-refractivity contribution in [2.24, 2.45) is 0 Å². The first-order valence-electron chi connectivity index (χ1n) is 8.16. The smallest absolute Gasteiger partial charge is 0.409 e. The van der Waals surface area contributed by atoms with Gasteiger partial charge in [0.1, 0.15) is 6.42 Å². The van der Waals surface area contributed by atoms with Crippen molar-refractivity contribution in [1.29, 1.82) is 0 Å². The maximum Gasteiger partial charge on any atom is 0.409 e. The van der Waals surface area contributed by atoms with E-state index in [9.17, 15) is 14.4 Å². The van der Waals surface area contributed by atoms with Crippen LogP contribution in [0, 0.1) is 6.92 Å². The summed E-state index contributed by atoms with van der Waals surface area (Å²) in [6, 6.07) is 5.13. The maximum absolute atomic E-state index is 12.2. The second-order valence-electron chi connectivity index (χ2n) is 5.75. The Labute approximate surface area is 151 Å². The van der Waals surface area contributed by atoms with Gasteiger partial charge in [0, 0.05) is 36.9 Å². The van der Waals surface area contributed by atoms with Gasteiger partial charge in [-0.05, 0) is 37.6 Å². The number of anilines is 1. The van der Waals surface area contributed by atoms with Crippen molar-refractivity contribution in [2.45, 2.75) is 20.3 Å². The van der Waals surface area contributed by atoms with Crippen LogP contribution in [0.4, 0.5) is 10.5 Å². The second kappa shape index (κ2) is 8.71. The van der Waals surface area contributed by atoms with Crippen molar-refractivity contribution in [2.75, 3.05) is 38.1 Å². The summed E-state index contributed by atoms with van der Waals surface area (Å²) in [4.78, 5) is 39.1. The molecule has 0 atom stereocenters. The zero-order valence-corrected chi connectivity index (χ0v) is 15.1. The van der Waals surface area contributed by atoms with E-state index in [1.54, 1.807) is 34.9 Å². The molecule has 0 unspecified atom stereocenters. The number of carbonyl (C=O) groups excluding carboxylic acids is 3. The lowest BCUT2D eigenvalue weighted by atomic mass is 10.2. The fourth-order valence-electron chi connectivity index (χ4n) is 2.56. The van der Waals surface area contributed by atoms with Gasteiger partial charge in [0.15, 0.2) is 0 Å². The van der Waals surface area contributed by atoms with E-state index < -0.39 is 0 Å². The lowest BCUT2D eigenvalue weighted by Gasteiger charge is -2.34. The topological polar surface area (TPSA) is 79.0 Å². The number of ether oxygens (including phenoxy) is 1. The summed E-state index contributed by atoms with van der Waals surface area (Å²) in [5, 5.41) is 3.31. The van der Waals surface area contributed by atoms with Crippen LogP contribution in [0.15, 0.2) is 18.2 Å². The third-order valence-electron chi connectivity index (χ3n) is 3.93. The minimum atomic E-state index is -0.372. The van der Waals surface area contributed by atoms with Crippen LogP contribution in [0.25, 0.3) is 0 Å². The van der Waals surface area contributed by atoms with Crippen LogP contribution in [-0.4, -0.2) is 60.5 Å². The van der Waals surface area contributed by atoms with Gasteiger partial charge in [0.25, 0.3) is 0 Å². The van der Waals surface area contributed by atoms with Gasteiger partial charge >= 0.3 is 6.09 Å². The van der Waals surface area contributed by atoms with Crippen molar-refractivity contribution < 1.29 is 19.1 Å². The van der Waals surface area contributed by atoms with Crippen molar-refractivity contribution in [3.05, 3.63) is 28.8 Å². The quantitative estimate of drug-likeness (QED) is 0.828. The van der Waals surface area contributed by atoms with E-state index >= 15 is 0 Å². The third-order valence-corrected chi connectivity index (χ3v) is 4.17. The Balaban J connectivity index is 1.82. The van der Waals surface area contributed by atoms with Gasteiger partial charge in [-0.2, -0.15) is 0 Å². The summed E-state index contributed by atoms with van der Waals surface area (Å²) in [6.45, 7) is 5.50. The molecule has 1 aromatic rings. The van der Waals surface area contributed by atoms with Crippen LogP contribution < -0.4 is 5.32 Å². The molecule has 1 heterocycles. The summed E-state index contributed by atoms with van der Waals surface area (Å²) in [7, 11) is 0. The molecule has 1 saturated heterocycles. The van der Waals surface area contributed by atoms with E-state index in [0.29, 0.717) is 43.5 Å². The standard InChI is InChI=1S/C17H22ClN3O4/c1-3-25-17(24)21-8-6-20(7-9-21)16(23)11-15(22)19-14-5-4-13(18)10-12(14)2/h4-5,10H,3,6-9,11H2,1-2H3,(H,19,22). The highest BCUT2D eigenvalue weighted by molar-refractivity contribution is 6.30. The van der Waals surface area contributed by atoms with Crippen LogP contribution in [0.5, 0.6) is 0 Å². The first kappa shape index (κ1) is 19.1. The molecule has 0 spiro atoms. The predicted octanol–water partition coefficient (Wildman–Crippen LogP) is 2.28. The molecule has 8 heteroatoms. The molecule has 0 radical (unpaired) electrons. The molecule has 1 aliphatic rings. The Hall–Kier alpha value is -2.28. The van der Waals surface area contributed by atoms with Gasteiger partial charge in [-0.15, -0.1) is 0 Å². The average molecular weight is 368 g/mol. The number of halogens is 1. The fourth-order valence-corrected chi connectivity index (χ4v) is 2.79. The minimum absolute atomic E-state index is 0.235. The van der Waals surface area contributed by atoms with Crippen LogP contribution in [0.2, 0.25) is 5.02 Å². The van der Waals surface area contributed by atoms with Crippen LogP contribution in [-0.2, 0) is 14.3 Å². The summed E-state index contributed by atoms with van der Waals surface area (Å²) in [5.74, 6) is -0.629. The number of benzene rings is 1. The molecule has 3 amide bonds. The highest BCUT2D eigenvalue weighted by Gasteiger charge is 2.25. The highest BCUT2D eigenvalue weighted by Crippen LogP contribution is 2.19. The summed E-state index contributed by atoms with van der Waals surface area (Å²) >= 11 is 5.88. The number of carbonyl (C=O) groups is 3. The normalized spacial score (nSPS) is 14.2. The van der Waals surface area contributed by atoms with E-state index in [0.717, 1.165) is 5.56 Å². The molecule has 1 aromatic carbocycles. The molecular formula is C17H22ClN3O4. The second-order valence-corrected chi connectivity index (χ2v) is 6.19. The lowest BCUT2D eigenvalue weighted by molar-refractivity contribution is -0.135. The molecule has 0 saturated carbocycles. The molecular weight excluding hydrogens is 346 g/mol. The Morgan fingerprint density at radius 2 is 1.80 bits per heavy atom. The molecule has 1 N–H and O–H groups in total. The molecule has 1 aliphatic heterocycles.